The van der Waals surface area contributed by atoms with E-state index in [1.54, 1.807) is 14.2 Å². The molecule has 136 valence electrons. The number of carbonyl (C=O) groups is 1. The lowest BCUT2D eigenvalue weighted by atomic mass is 10.2. The SMILES string of the molecule is CCN1CCN(C(=O)c2sc3nc(COC)nc(OC)c3c2C)CC1. The minimum atomic E-state index is 0.0756. The Morgan fingerprint density at radius 1 is 1.20 bits per heavy atom. The average Bonchev–Trinajstić information content (AvgIpc) is 2.97. The molecular weight excluding hydrogens is 340 g/mol. The Hall–Kier alpha value is -1.77. The predicted molar refractivity (Wildman–Crippen MR) is 97.4 cm³/mol. The number of ether oxygens (including phenoxy) is 2. The number of rotatable bonds is 5. The van der Waals surface area contributed by atoms with Crippen molar-refractivity contribution in [1.29, 1.82) is 0 Å². The average molecular weight is 364 g/mol. The summed E-state index contributed by atoms with van der Waals surface area (Å²) in [5, 5.41) is 0.822. The predicted octanol–water partition coefficient (Wildman–Crippen LogP) is 1.93. The molecule has 2 aromatic heterocycles. The number of methoxy groups -OCH3 is 2. The summed E-state index contributed by atoms with van der Waals surface area (Å²) in [7, 11) is 3.19. The van der Waals surface area contributed by atoms with Crippen LogP contribution in [0.25, 0.3) is 10.2 Å². The molecule has 0 radical (unpaired) electrons. The first-order chi connectivity index (χ1) is 12.1. The van der Waals surface area contributed by atoms with Crippen LogP contribution in [0.2, 0.25) is 0 Å². The maximum absolute atomic E-state index is 13.0. The second kappa shape index (κ2) is 7.63. The van der Waals surface area contributed by atoms with Crippen molar-refractivity contribution in [2.75, 3.05) is 46.9 Å². The standard InChI is InChI=1S/C17H24N4O3S/c1-5-20-6-8-21(9-7-20)17(22)14-11(2)13-15(24-4)18-12(10-23-3)19-16(13)25-14/h5-10H2,1-4H3. The van der Waals surface area contributed by atoms with Gasteiger partial charge in [-0.15, -0.1) is 11.3 Å². The topological polar surface area (TPSA) is 67.8 Å². The van der Waals surface area contributed by atoms with E-state index >= 15 is 0 Å². The summed E-state index contributed by atoms with van der Waals surface area (Å²) in [6.07, 6.45) is 0. The lowest BCUT2D eigenvalue weighted by Gasteiger charge is -2.33. The summed E-state index contributed by atoms with van der Waals surface area (Å²) in [6.45, 7) is 8.80. The molecule has 7 nitrogen and oxygen atoms in total. The van der Waals surface area contributed by atoms with Crippen LogP contribution in [0.15, 0.2) is 0 Å². The Balaban J connectivity index is 1.94. The molecular formula is C17H24N4O3S. The van der Waals surface area contributed by atoms with Crippen LogP contribution in [0.4, 0.5) is 0 Å². The van der Waals surface area contributed by atoms with E-state index in [-0.39, 0.29) is 5.91 Å². The van der Waals surface area contributed by atoms with E-state index in [4.69, 9.17) is 9.47 Å². The van der Waals surface area contributed by atoms with E-state index in [0.29, 0.717) is 18.3 Å². The van der Waals surface area contributed by atoms with Gasteiger partial charge in [-0.2, -0.15) is 4.98 Å². The number of fused-ring (bicyclic) bond motifs is 1. The number of thiophene rings is 1. The van der Waals surface area contributed by atoms with E-state index in [1.165, 1.54) is 11.3 Å². The van der Waals surface area contributed by atoms with Gasteiger partial charge in [0.15, 0.2) is 5.82 Å². The van der Waals surface area contributed by atoms with Crippen molar-refractivity contribution in [1.82, 2.24) is 19.8 Å². The third-order valence-electron chi connectivity index (χ3n) is 4.57. The first-order valence-corrected chi connectivity index (χ1v) is 9.25. The van der Waals surface area contributed by atoms with Gasteiger partial charge in [-0.3, -0.25) is 4.79 Å². The number of hydrogen-bond acceptors (Lipinski definition) is 7. The van der Waals surface area contributed by atoms with Gasteiger partial charge in [0.1, 0.15) is 11.4 Å². The van der Waals surface area contributed by atoms with Crippen molar-refractivity contribution in [2.24, 2.45) is 0 Å². The van der Waals surface area contributed by atoms with Crippen molar-refractivity contribution in [3.05, 3.63) is 16.3 Å². The number of aryl methyl sites for hydroxylation is 1. The van der Waals surface area contributed by atoms with Crippen LogP contribution in [0.1, 0.15) is 28.0 Å². The zero-order valence-corrected chi connectivity index (χ0v) is 16.0. The normalized spacial score (nSPS) is 15.8. The lowest BCUT2D eigenvalue weighted by molar-refractivity contribution is 0.0647. The molecule has 1 fully saturated rings. The molecule has 0 saturated carbocycles. The fourth-order valence-electron chi connectivity index (χ4n) is 3.10. The summed E-state index contributed by atoms with van der Waals surface area (Å²) in [5.41, 5.74) is 0.892. The number of nitrogens with zero attached hydrogens (tertiary/aromatic N) is 4. The molecule has 8 heteroatoms. The first-order valence-electron chi connectivity index (χ1n) is 8.43. The van der Waals surface area contributed by atoms with Gasteiger partial charge >= 0.3 is 0 Å². The third kappa shape index (κ3) is 3.47. The van der Waals surface area contributed by atoms with Crippen molar-refractivity contribution in [3.63, 3.8) is 0 Å². The van der Waals surface area contributed by atoms with Crippen LogP contribution in [0.5, 0.6) is 5.88 Å². The Kier molecular flexibility index (Phi) is 5.51. The minimum Gasteiger partial charge on any atom is -0.480 e. The molecule has 0 spiro atoms. The molecule has 0 N–H and O–H groups in total. The van der Waals surface area contributed by atoms with Gasteiger partial charge in [-0.05, 0) is 19.0 Å². The zero-order valence-electron chi connectivity index (χ0n) is 15.2. The van der Waals surface area contributed by atoms with Gasteiger partial charge in [-0.25, -0.2) is 4.98 Å². The van der Waals surface area contributed by atoms with Gasteiger partial charge in [0.2, 0.25) is 5.88 Å². The molecule has 1 amide bonds. The van der Waals surface area contributed by atoms with Crippen molar-refractivity contribution < 1.29 is 14.3 Å². The van der Waals surface area contributed by atoms with Gasteiger partial charge in [-0.1, -0.05) is 6.92 Å². The maximum Gasteiger partial charge on any atom is 0.264 e. The van der Waals surface area contributed by atoms with E-state index in [0.717, 1.165) is 53.4 Å². The molecule has 1 saturated heterocycles. The highest BCUT2D eigenvalue weighted by atomic mass is 32.1. The number of hydrogen-bond donors (Lipinski definition) is 0. The van der Waals surface area contributed by atoms with Gasteiger partial charge in [0.25, 0.3) is 5.91 Å². The first kappa shape index (κ1) is 18.0. The number of amides is 1. The Bertz CT molecular complexity index is 769. The van der Waals surface area contributed by atoms with Crippen molar-refractivity contribution in [2.45, 2.75) is 20.5 Å². The highest BCUT2D eigenvalue weighted by molar-refractivity contribution is 7.20. The van der Waals surface area contributed by atoms with Crippen molar-refractivity contribution in [3.8, 4) is 5.88 Å². The van der Waals surface area contributed by atoms with Crippen LogP contribution in [-0.2, 0) is 11.3 Å². The fraction of sp³-hybridized carbons (Fsp3) is 0.588. The summed E-state index contributed by atoms with van der Waals surface area (Å²) >= 11 is 1.41. The Morgan fingerprint density at radius 2 is 1.92 bits per heavy atom. The summed E-state index contributed by atoms with van der Waals surface area (Å²) in [5.74, 6) is 1.14. The van der Waals surface area contributed by atoms with Gasteiger partial charge in [0, 0.05) is 33.3 Å². The van der Waals surface area contributed by atoms with E-state index in [9.17, 15) is 4.79 Å². The number of piperazine rings is 1. The summed E-state index contributed by atoms with van der Waals surface area (Å²) in [4.78, 5) is 27.7. The molecule has 2 aromatic rings. The molecule has 3 rings (SSSR count). The number of carbonyl (C=O) groups excluding carboxylic acids is 1. The van der Waals surface area contributed by atoms with Crippen LogP contribution in [0, 0.1) is 6.92 Å². The Labute approximate surface area is 151 Å². The van der Waals surface area contributed by atoms with E-state index in [2.05, 4.69) is 21.8 Å². The summed E-state index contributed by atoms with van der Waals surface area (Å²) in [6, 6.07) is 0. The second-order valence-corrected chi connectivity index (χ2v) is 7.04. The highest BCUT2D eigenvalue weighted by Crippen LogP contribution is 2.35. The maximum atomic E-state index is 13.0. The smallest absolute Gasteiger partial charge is 0.264 e. The number of aromatic nitrogens is 2. The monoisotopic (exact) mass is 364 g/mol. The molecule has 0 bridgehead atoms. The fourth-order valence-corrected chi connectivity index (χ4v) is 4.26. The molecule has 0 unspecified atom stereocenters. The molecule has 0 aliphatic carbocycles. The summed E-state index contributed by atoms with van der Waals surface area (Å²) < 4.78 is 10.6. The van der Waals surface area contributed by atoms with Gasteiger partial charge < -0.3 is 19.3 Å². The van der Waals surface area contributed by atoms with Crippen LogP contribution < -0.4 is 4.74 Å². The molecule has 1 aliphatic heterocycles. The Morgan fingerprint density at radius 3 is 2.52 bits per heavy atom. The highest BCUT2D eigenvalue weighted by Gasteiger charge is 2.26. The molecule has 1 aliphatic rings. The zero-order chi connectivity index (χ0) is 18.0. The molecule has 25 heavy (non-hydrogen) atoms. The lowest BCUT2D eigenvalue weighted by Crippen LogP contribution is -2.48. The van der Waals surface area contributed by atoms with Crippen LogP contribution >= 0.6 is 11.3 Å². The largest absolute Gasteiger partial charge is 0.480 e. The van der Waals surface area contributed by atoms with E-state index < -0.39 is 0 Å². The second-order valence-electron chi connectivity index (χ2n) is 6.04. The van der Waals surface area contributed by atoms with Crippen LogP contribution in [-0.4, -0.2) is 72.6 Å². The van der Waals surface area contributed by atoms with Crippen molar-refractivity contribution >= 4 is 27.5 Å². The van der Waals surface area contributed by atoms with Gasteiger partial charge in [0.05, 0.1) is 17.4 Å². The quantitative estimate of drug-likeness (QED) is 0.808. The molecule has 0 atom stereocenters. The minimum absolute atomic E-state index is 0.0756. The molecule has 0 aromatic carbocycles. The third-order valence-corrected chi connectivity index (χ3v) is 5.74. The van der Waals surface area contributed by atoms with E-state index in [1.807, 2.05) is 11.8 Å². The number of likely N-dealkylation sites (N-methyl/N-ethyl adjacent to an activating group) is 1. The molecule has 3 heterocycles. The van der Waals surface area contributed by atoms with Crippen LogP contribution in [0.3, 0.4) is 0 Å².